The zero-order valence-corrected chi connectivity index (χ0v) is 5.91. The molecule has 0 aromatic carbocycles. The molecule has 2 unspecified atom stereocenters. The Morgan fingerprint density at radius 2 is 2.44 bits per heavy atom. The molecule has 2 atom stereocenters. The molecule has 0 saturated carbocycles. The van der Waals surface area contributed by atoms with E-state index in [-0.39, 0.29) is 0 Å². The van der Waals surface area contributed by atoms with Crippen molar-refractivity contribution in [1.82, 2.24) is 10.6 Å². The highest BCUT2D eigenvalue weighted by Gasteiger charge is 2.45. The Labute approximate surface area is 56.0 Å². The topological polar surface area (TPSA) is 24.1 Å². The van der Waals surface area contributed by atoms with Crippen LogP contribution in [0.4, 0.5) is 0 Å². The summed E-state index contributed by atoms with van der Waals surface area (Å²) in [7, 11) is 0. The van der Waals surface area contributed by atoms with Crippen molar-refractivity contribution in [3.05, 3.63) is 0 Å². The molecular formula is C7H14N2. The molecule has 2 N–H and O–H groups in total. The number of nitrogens with one attached hydrogen (secondary N) is 2. The minimum absolute atomic E-state index is 0.514. The van der Waals surface area contributed by atoms with Crippen molar-refractivity contribution in [1.29, 1.82) is 0 Å². The van der Waals surface area contributed by atoms with Gasteiger partial charge in [0.2, 0.25) is 0 Å². The molecule has 9 heavy (non-hydrogen) atoms. The van der Waals surface area contributed by atoms with Gasteiger partial charge in [0.25, 0.3) is 0 Å². The van der Waals surface area contributed by atoms with Crippen LogP contribution in [-0.4, -0.2) is 24.7 Å². The Hall–Kier alpha value is -0.0800. The van der Waals surface area contributed by atoms with E-state index in [2.05, 4.69) is 17.6 Å². The number of rotatable bonds is 0. The van der Waals surface area contributed by atoms with Gasteiger partial charge in [0.05, 0.1) is 0 Å². The van der Waals surface area contributed by atoms with Gasteiger partial charge in [-0.25, -0.2) is 0 Å². The standard InChI is InChI=1S/C7H14N2/c1-6-7(5-8-6)3-2-4-9-7/h6,8-9H,2-5H2,1H3. The summed E-state index contributed by atoms with van der Waals surface area (Å²) in [5, 5.41) is 6.94. The first-order valence-electron chi connectivity index (χ1n) is 3.82. The summed E-state index contributed by atoms with van der Waals surface area (Å²) in [5.74, 6) is 0. The molecule has 52 valence electrons. The Balaban J connectivity index is 2.06. The predicted octanol–water partition coefficient (Wildman–Crippen LogP) is 0.100. The van der Waals surface area contributed by atoms with E-state index >= 15 is 0 Å². The van der Waals surface area contributed by atoms with E-state index in [0.717, 1.165) is 0 Å². The van der Waals surface area contributed by atoms with Crippen LogP contribution in [-0.2, 0) is 0 Å². The van der Waals surface area contributed by atoms with E-state index in [0.29, 0.717) is 11.6 Å². The van der Waals surface area contributed by atoms with E-state index in [1.165, 1.54) is 25.9 Å². The van der Waals surface area contributed by atoms with Gasteiger partial charge < -0.3 is 10.6 Å². The monoisotopic (exact) mass is 126 g/mol. The normalized spacial score (nSPS) is 49.7. The molecule has 0 aromatic heterocycles. The molecular weight excluding hydrogens is 112 g/mol. The van der Waals surface area contributed by atoms with Crippen LogP contribution in [0.5, 0.6) is 0 Å². The van der Waals surface area contributed by atoms with Crippen LogP contribution in [0, 0.1) is 0 Å². The highest BCUT2D eigenvalue weighted by molar-refractivity contribution is 5.09. The van der Waals surface area contributed by atoms with Crippen molar-refractivity contribution in [2.45, 2.75) is 31.3 Å². The van der Waals surface area contributed by atoms with Gasteiger partial charge in [-0.05, 0) is 26.3 Å². The molecule has 2 nitrogen and oxygen atoms in total. The summed E-state index contributed by atoms with van der Waals surface area (Å²) in [4.78, 5) is 0. The number of hydrogen-bond acceptors (Lipinski definition) is 2. The van der Waals surface area contributed by atoms with Crippen LogP contribution >= 0.6 is 0 Å². The molecule has 2 aliphatic rings. The molecule has 2 saturated heterocycles. The van der Waals surface area contributed by atoms with Crippen molar-refractivity contribution >= 4 is 0 Å². The first-order valence-corrected chi connectivity index (χ1v) is 3.82. The largest absolute Gasteiger partial charge is 0.310 e. The van der Waals surface area contributed by atoms with Gasteiger partial charge in [-0.3, -0.25) is 0 Å². The van der Waals surface area contributed by atoms with Gasteiger partial charge in [-0.2, -0.15) is 0 Å². The maximum atomic E-state index is 3.56. The summed E-state index contributed by atoms with van der Waals surface area (Å²) < 4.78 is 0. The quantitative estimate of drug-likeness (QED) is 0.481. The first-order chi connectivity index (χ1) is 4.33. The molecule has 0 bridgehead atoms. The van der Waals surface area contributed by atoms with E-state index in [4.69, 9.17) is 0 Å². The van der Waals surface area contributed by atoms with Crippen molar-refractivity contribution in [2.24, 2.45) is 0 Å². The Bertz CT molecular complexity index is 116. The molecule has 0 radical (unpaired) electrons. The summed E-state index contributed by atoms with van der Waals surface area (Å²) in [6, 6.07) is 0.708. The van der Waals surface area contributed by atoms with Gasteiger partial charge in [0, 0.05) is 18.1 Å². The molecule has 0 aromatic rings. The van der Waals surface area contributed by atoms with Crippen LogP contribution in [0.2, 0.25) is 0 Å². The van der Waals surface area contributed by atoms with E-state index in [9.17, 15) is 0 Å². The Morgan fingerprint density at radius 1 is 1.56 bits per heavy atom. The van der Waals surface area contributed by atoms with Crippen molar-refractivity contribution in [3.63, 3.8) is 0 Å². The lowest BCUT2D eigenvalue weighted by Crippen LogP contribution is -2.71. The van der Waals surface area contributed by atoms with Gasteiger partial charge in [-0.1, -0.05) is 0 Å². The average molecular weight is 126 g/mol. The summed E-state index contributed by atoms with van der Waals surface area (Å²) in [5.41, 5.74) is 0.514. The van der Waals surface area contributed by atoms with Crippen molar-refractivity contribution in [2.75, 3.05) is 13.1 Å². The molecule has 0 amide bonds. The molecule has 2 rings (SSSR count). The van der Waals surface area contributed by atoms with Crippen molar-refractivity contribution < 1.29 is 0 Å². The van der Waals surface area contributed by atoms with Crippen LogP contribution in [0.1, 0.15) is 19.8 Å². The zero-order valence-electron chi connectivity index (χ0n) is 5.91. The predicted molar refractivity (Wildman–Crippen MR) is 37.4 cm³/mol. The highest BCUT2D eigenvalue weighted by atomic mass is 15.2. The van der Waals surface area contributed by atoms with E-state index in [1.54, 1.807) is 0 Å². The third-order valence-electron chi connectivity index (χ3n) is 2.83. The lowest BCUT2D eigenvalue weighted by Gasteiger charge is -2.46. The molecule has 2 fully saturated rings. The molecule has 0 aliphatic carbocycles. The smallest absolute Gasteiger partial charge is 0.0459 e. The summed E-state index contributed by atoms with van der Waals surface area (Å²) >= 11 is 0. The third-order valence-corrected chi connectivity index (χ3v) is 2.83. The fraction of sp³-hybridized carbons (Fsp3) is 1.00. The maximum absolute atomic E-state index is 3.56. The van der Waals surface area contributed by atoms with Crippen molar-refractivity contribution in [3.8, 4) is 0 Å². The second kappa shape index (κ2) is 1.70. The lowest BCUT2D eigenvalue weighted by molar-refractivity contribution is 0.169. The fourth-order valence-electron chi connectivity index (χ4n) is 1.90. The zero-order chi connectivity index (χ0) is 6.32. The Morgan fingerprint density at radius 3 is 2.67 bits per heavy atom. The lowest BCUT2D eigenvalue weighted by atomic mass is 9.82. The van der Waals surface area contributed by atoms with E-state index in [1.807, 2.05) is 0 Å². The second-order valence-corrected chi connectivity index (χ2v) is 3.29. The third kappa shape index (κ3) is 0.634. The number of hydrogen-bond donors (Lipinski definition) is 2. The van der Waals surface area contributed by atoms with Gasteiger partial charge in [-0.15, -0.1) is 0 Å². The second-order valence-electron chi connectivity index (χ2n) is 3.29. The SMILES string of the molecule is CC1NCC12CCCN2. The minimum atomic E-state index is 0.514. The molecule has 2 heterocycles. The Kier molecular flexibility index (Phi) is 1.08. The average Bonchev–Trinajstić information content (AvgIpc) is 2.34. The van der Waals surface area contributed by atoms with Crippen LogP contribution in [0.15, 0.2) is 0 Å². The molecule has 1 spiro atoms. The van der Waals surface area contributed by atoms with Gasteiger partial charge >= 0.3 is 0 Å². The summed E-state index contributed by atoms with van der Waals surface area (Å²) in [6.45, 7) is 4.68. The van der Waals surface area contributed by atoms with Crippen LogP contribution < -0.4 is 10.6 Å². The highest BCUT2D eigenvalue weighted by Crippen LogP contribution is 2.28. The summed E-state index contributed by atoms with van der Waals surface area (Å²) in [6.07, 6.45) is 2.74. The van der Waals surface area contributed by atoms with Crippen LogP contribution in [0.3, 0.4) is 0 Å². The molecule has 2 aliphatic heterocycles. The minimum Gasteiger partial charge on any atom is -0.310 e. The first kappa shape index (κ1) is 5.69. The van der Waals surface area contributed by atoms with E-state index < -0.39 is 0 Å². The maximum Gasteiger partial charge on any atom is 0.0459 e. The molecule has 2 heteroatoms. The van der Waals surface area contributed by atoms with Gasteiger partial charge in [0.1, 0.15) is 0 Å². The van der Waals surface area contributed by atoms with Gasteiger partial charge in [0.15, 0.2) is 0 Å². The fourth-order valence-corrected chi connectivity index (χ4v) is 1.90. The van der Waals surface area contributed by atoms with Crippen LogP contribution in [0.25, 0.3) is 0 Å².